The van der Waals surface area contributed by atoms with E-state index in [0.29, 0.717) is 36.9 Å². The van der Waals surface area contributed by atoms with Crippen LogP contribution >= 0.6 is 0 Å². The van der Waals surface area contributed by atoms with Crippen LogP contribution in [0.3, 0.4) is 0 Å². The third-order valence-electron chi connectivity index (χ3n) is 5.35. The van der Waals surface area contributed by atoms with E-state index in [9.17, 15) is 9.18 Å². The number of nitrogens with one attached hydrogen (secondary N) is 1. The minimum Gasteiger partial charge on any atom is -0.494 e. The second kappa shape index (κ2) is 13.4. The largest absolute Gasteiger partial charge is 0.494 e. The van der Waals surface area contributed by atoms with Gasteiger partial charge in [0.05, 0.1) is 25.5 Å². The maximum absolute atomic E-state index is 14.5. The van der Waals surface area contributed by atoms with Crippen molar-refractivity contribution in [3.8, 4) is 5.75 Å². The number of hydrogen-bond acceptors (Lipinski definition) is 6. The summed E-state index contributed by atoms with van der Waals surface area (Å²) in [6.45, 7) is 10.6. The minimum atomic E-state index is -0.426. The van der Waals surface area contributed by atoms with Gasteiger partial charge in [-0.3, -0.25) is 14.5 Å². The number of likely N-dealkylation sites (N-methyl/N-ethyl adjacent to an activating group) is 1. The van der Waals surface area contributed by atoms with E-state index in [1.54, 1.807) is 18.5 Å². The number of anilines is 1. The van der Waals surface area contributed by atoms with Crippen LogP contribution in [0.4, 0.5) is 10.1 Å². The summed E-state index contributed by atoms with van der Waals surface area (Å²) >= 11 is 0. The lowest BCUT2D eigenvalue weighted by molar-refractivity contribution is 0.112. The summed E-state index contributed by atoms with van der Waals surface area (Å²) in [5, 5.41) is 7.62. The SMILES string of the molecule is C/C=C(\C=N/CNc1cnn(CCN(CC)CC)c1)CCc1cc(C=O)cc(OC)c1F. The topological polar surface area (TPSA) is 71.8 Å². The van der Waals surface area contributed by atoms with E-state index >= 15 is 0 Å². The molecule has 0 spiro atoms. The molecule has 1 aromatic heterocycles. The molecule has 0 saturated heterocycles. The molecule has 1 heterocycles. The van der Waals surface area contributed by atoms with Gasteiger partial charge in [-0.05, 0) is 56.1 Å². The molecule has 0 bridgehead atoms. The number of methoxy groups -OCH3 is 1. The van der Waals surface area contributed by atoms with Crippen LogP contribution in [0, 0.1) is 5.82 Å². The van der Waals surface area contributed by atoms with E-state index in [1.807, 2.05) is 23.9 Å². The minimum absolute atomic E-state index is 0.0853. The lowest BCUT2D eigenvalue weighted by atomic mass is 10.0. The molecule has 0 atom stereocenters. The molecule has 2 aromatic rings. The average molecular weight is 444 g/mol. The first-order valence-corrected chi connectivity index (χ1v) is 11.0. The zero-order chi connectivity index (χ0) is 23.3. The molecule has 0 saturated carbocycles. The van der Waals surface area contributed by atoms with Gasteiger partial charge in [-0.15, -0.1) is 0 Å². The first-order valence-electron chi connectivity index (χ1n) is 11.0. The van der Waals surface area contributed by atoms with E-state index in [1.165, 1.54) is 13.2 Å². The molecule has 0 amide bonds. The number of aliphatic imine (C=N–C) groups is 1. The summed E-state index contributed by atoms with van der Waals surface area (Å²) < 4.78 is 21.4. The Hall–Kier alpha value is -3.00. The molecule has 0 unspecified atom stereocenters. The zero-order valence-corrected chi connectivity index (χ0v) is 19.5. The summed E-state index contributed by atoms with van der Waals surface area (Å²) in [6, 6.07) is 2.97. The van der Waals surface area contributed by atoms with Gasteiger partial charge in [0.1, 0.15) is 13.0 Å². The van der Waals surface area contributed by atoms with Crippen molar-refractivity contribution in [1.82, 2.24) is 14.7 Å². The molecule has 1 N–H and O–H groups in total. The molecule has 174 valence electrons. The Morgan fingerprint density at radius 1 is 1.34 bits per heavy atom. The Balaban J connectivity index is 1.84. The predicted molar refractivity (Wildman–Crippen MR) is 127 cm³/mol. The Kier molecular flexibility index (Phi) is 10.6. The second-order valence-corrected chi connectivity index (χ2v) is 7.34. The van der Waals surface area contributed by atoms with Crippen LogP contribution in [0.5, 0.6) is 5.75 Å². The van der Waals surface area contributed by atoms with Crippen molar-refractivity contribution in [2.75, 3.05) is 38.7 Å². The molecular formula is C24H34FN5O2. The van der Waals surface area contributed by atoms with Crippen LogP contribution in [-0.2, 0) is 13.0 Å². The highest BCUT2D eigenvalue weighted by molar-refractivity contribution is 5.79. The third kappa shape index (κ3) is 7.60. The molecule has 7 nitrogen and oxygen atoms in total. The summed E-state index contributed by atoms with van der Waals surface area (Å²) in [6.07, 6.45) is 9.26. The first-order chi connectivity index (χ1) is 15.5. The van der Waals surface area contributed by atoms with Crippen LogP contribution in [0.25, 0.3) is 0 Å². The van der Waals surface area contributed by atoms with E-state index in [-0.39, 0.29) is 5.75 Å². The maximum atomic E-state index is 14.5. The van der Waals surface area contributed by atoms with Crippen molar-refractivity contribution in [1.29, 1.82) is 0 Å². The van der Waals surface area contributed by atoms with Crippen LogP contribution in [-0.4, -0.2) is 60.6 Å². The average Bonchev–Trinajstić information content (AvgIpc) is 3.27. The Morgan fingerprint density at radius 3 is 2.78 bits per heavy atom. The normalized spacial score (nSPS) is 12.0. The number of allylic oxidation sites excluding steroid dienone is 2. The van der Waals surface area contributed by atoms with E-state index in [2.05, 4.69) is 34.2 Å². The second-order valence-electron chi connectivity index (χ2n) is 7.34. The summed E-state index contributed by atoms with van der Waals surface area (Å²) in [7, 11) is 1.39. The van der Waals surface area contributed by atoms with Crippen molar-refractivity contribution in [2.24, 2.45) is 4.99 Å². The van der Waals surface area contributed by atoms with Crippen LogP contribution < -0.4 is 10.1 Å². The van der Waals surface area contributed by atoms with Gasteiger partial charge < -0.3 is 15.0 Å². The lowest BCUT2D eigenvalue weighted by Gasteiger charge is -2.17. The van der Waals surface area contributed by atoms with E-state index in [4.69, 9.17) is 4.74 Å². The van der Waals surface area contributed by atoms with Crippen LogP contribution in [0.15, 0.2) is 41.2 Å². The fraction of sp³-hybridized carbons (Fsp3) is 0.458. The van der Waals surface area contributed by atoms with Gasteiger partial charge >= 0.3 is 0 Å². The van der Waals surface area contributed by atoms with E-state index in [0.717, 1.165) is 37.4 Å². The number of carbonyl (C=O) groups is 1. The highest BCUT2D eigenvalue weighted by Gasteiger charge is 2.11. The number of aldehydes is 1. The molecule has 0 aliphatic rings. The zero-order valence-electron chi connectivity index (χ0n) is 19.5. The Morgan fingerprint density at radius 2 is 2.12 bits per heavy atom. The number of halogens is 1. The number of carbonyl (C=O) groups excluding carboxylic acids is 1. The van der Waals surface area contributed by atoms with Crippen LogP contribution in [0.1, 0.15) is 43.1 Å². The Bertz CT molecular complexity index is 919. The molecule has 32 heavy (non-hydrogen) atoms. The predicted octanol–water partition coefficient (Wildman–Crippen LogP) is 4.20. The third-order valence-corrected chi connectivity index (χ3v) is 5.35. The van der Waals surface area contributed by atoms with Crippen molar-refractivity contribution in [2.45, 2.75) is 40.2 Å². The molecule has 2 rings (SSSR count). The van der Waals surface area contributed by atoms with Gasteiger partial charge in [0.15, 0.2) is 11.6 Å². The van der Waals surface area contributed by atoms with Crippen LogP contribution in [0.2, 0.25) is 0 Å². The highest BCUT2D eigenvalue weighted by atomic mass is 19.1. The number of ether oxygens (including phenoxy) is 1. The monoisotopic (exact) mass is 443 g/mol. The number of aromatic nitrogens is 2. The van der Waals surface area contributed by atoms with E-state index < -0.39 is 5.82 Å². The molecule has 0 aliphatic heterocycles. The number of aryl methyl sites for hydroxylation is 1. The standard InChI is InChI=1S/C24H34FN5O2/c1-5-19(8-9-21-12-20(17-31)13-23(32-4)24(21)25)14-26-18-27-22-15-28-30(16-22)11-10-29(6-2)7-3/h5,12-17,27H,6-11,18H2,1-4H3/b19-5-,26-14-. The van der Waals surface area contributed by atoms with Crippen molar-refractivity contribution in [3.63, 3.8) is 0 Å². The molecule has 0 aliphatic carbocycles. The number of benzene rings is 1. The van der Waals surface area contributed by atoms with Gasteiger partial charge in [-0.2, -0.15) is 5.10 Å². The first kappa shape index (κ1) is 25.3. The molecule has 0 fully saturated rings. The van der Waals surface area contributed by atoms with Gasteiger partial charge in [-0.1, -0.05) is 19.9 Å². The number of nitrogens with zero attached hydrogens (tertiary/aromatic N) is 4. The van der Waals surface area contributed by atoms with Gasteiger partial charge in [0.2, 0.25) is 0 Å². The Labute approximate surface area is 190 Å². The number of hydrogen-bond donors (Lipinski definition) is 1. The molecule has 8 heteroatoms. The smallest absolute Gasteiger partial charge is 0.168 e. The highest BCUT2D eigenvalue weighted by Crippen LogP contribution is 2.24. The van der Waals surface area contributed by atoms with Crippen molar-refractivity contribution < 1.29 is 13.9 Å². The fourth-order valence-corrected chi connectivity index (χ4v) is 3.30. The maximum Gasteiger partial charge on any atom is 0.168 e. The van der Waals surface area contributed by atoms with Gasteiger partial charge in [-0.25, -0.2) is 4.39 Å². The van der Waals surface area contributed by atoms with Crippen molar-refractivity contribution in [3.05, 3.63) is 53.1 Å². The molecule has 1 aromatic carbocycles. The number of rotatable bonds is 14. The fourth-order valence-electron chi connectivity index (χ4n) is 3.30. The van der Waals surface area contributed by atoms with Gasteiger partial charge in [0, 0.05) is 24.5 Å². The molecular weight excluding hydrogens is 409 g/mol. The molecule has 0 radical (unpaired) electrons. The summed E-state index contributed by atoms with van der Waals surface area (Å²) in [5.41, 5.74) is 2.75. The summed E-state index contributed by atoms with van der Waals surface area (Å²) in [5.74, 6) is -0.340. The quantitative estimate of drug-likeness (QED) is 0.350. The lowest BCUT2D eigenvalue weighted by Crippen LogP contribution is -2.27. The van der Waals surface area contributed by atoms with Gasteiger partial charge in [0.25, 0.3) is 0 Å². The van der Waals surface area contributed by atoms with Crippen molar-refractivity contribution >= 4 is 18.2 Å². The summed E-state index contributed by atoms with van der Waals surface area (Å²) in [4.78, 5) is 17.9.